The predicted octanol–water partition coefficient (Wildman–Crippen LogP) is 2.73. The van der Waals surface area contributed by atoms with E-state index in [1.165, 1.54) is 0 Å². The second-order valence-corrected chi connectivity index (χ2v) is 7.46. The first-order chi connectivity index (χ1) is 7.95. The molecule has 0 saturated heterocycles. The molecule has 6 heteroatoms. The number of thioether (sulfide) groups is 1. The van der Waals surface area contributed by atoms with Crippen molar-refractivity contribution >= 4 is 37.7 Å². The Kier molecular flexibility index (Phi) is 5.99. The lowest BCUT2D eigenvalue weighted by molar-refractivity contribution is 0.562. The van der Waals surface area contributed by atoms with Gasteiger partial charge in [-0.1, -0.05) is 28.9 Å². The van der Waals surface area contributed by atoms with Gasteiger partial charge in [-0.2, -0.15) is 11.8 Å². The van der Waals surface area contributed by atoms with Gasteiger partial charge in [-0.3, -0.25) is 0 Å². The van der Waals surface area contributed by atoms with E-state index in [9.17, 15) is 8.42 Å². The van der Waals surface area contributed by atoms with Crippen LogP contribution in [-0.4, -0.2) is 27.0 Å². The number of hydrogen-bond donors (Lipinski definition) is 1. The van der Waals surface area contributed by atoms with Crippen LogP contribution in [0.4, 0.5) is 0 Å². The van der Waals surface area contributed by atoms with Gasteiger partial charge in [0.15, 0.2) is 0 Å². The minimum absolute atomic E-state index is 0.295. The summed E-state index contributed by atoms with van der Waals surface area (Å²) in [6.07, 6.45) is 2.01. The topological polar surface area (TPSA) is 46.2 Å². The Bertz CT molecular complexity index is 462. The lowest BCUT2D eigenvalue weighted by atomic mass is 10.2. The highest BCUT2D eigenvalue weighted by Gasteiger charge is 2.14. The Morgan fingerprint density at radius 3 is 2.76 bits per heavy atom. The van der Waals surface area contributed by atoms with Crippen molar-refractivity contribution in [2.75, 3.05) is 18.6 Å². The zero-order valence-electron chi connectivity index (χ0n) is 9.81. The van der Waals surface area contributed by atoms with E-state index in [4.69, 9.17) is 0 Å². The number of hydrogen-bond acceptors (Lipinski definition) is 3. The summed E-state index contributed by atoms with van der Waals surface area (Å²) in [7, 11) is -3.39. The largest absolute Gasteiger partial charge is 0.240 e. The molecule has 0 aliphatic carbocycles. The third-order valence-electron chi connectivity index (χ3n) is 2.18. The highest BCUT2D eigenvalue weighted by Crippen LogP contribution is 2.16. The van der Waals surface area contributed by atoms with Gasteiger partial charge in [0.25, 0.3) is 0 Å². The van der Waals surface area contributed by atoms with Gasteiger partial charge in [-0.05, 0) is 36.1 Å². The Labute approximate surface area is 116 Å². The standard InChI is InChI=1S/C11H16BrNO2S2/c1-9(8-16-2)7-13-17(14,15)11-5-3-4-10(12)6-11/h3-6,9,13H,7-8H2,1-2H3. The Morgan fingerprint density at radius 2 is 2.18 bits per heavy atom. The second-order valence-electron chi connectivity index (χ2n) is 3.87. The van der Waals surface area contributed by atoms with Crippen molar-refractivity contribution in [3.63, 3.8) is 0 Å². The maximum atomic E-state index is 12.0. The van der Waals surface area contributed by atoms with E-state index >= 15 is 0 Å². The fourth-order valence-corrected chi connectivity index (χ4v) is 3.76. The molecule has 17 heavy (non-hydrogen) atoms. The molecule has 0 aliphatic heterocycles. The third-order valence-corrected chi connectivity index (χ3v) is 5.00. The molecular weight excluding hydrogens is 322 g/mol. The molecule has 0 fully saturated rings. The molecule has 0 heterocycles. The van der Waals surface area contributed by atoms with Gasteiger partial charge in [0.05, 0.1) is 4.90 Å². The SMILES string of the molecule is CSCC(C)CNS(=O)(=O)c1cccc(Br)c1. The first kappa shape index (κ1) is 15.0. The normalized spacial score (nSPS) is 13.6. The van der Waals surface area contributed by atoms with E-state index in [0.29, 0.717) is 17.4 Å². The highest BCUT2D eigenvalue weighted by molar-refractivity contribution is 9.10. The number of nitrogens with one attached hydrogen (secondary N) is 1. The van der Waals surface area contributed by atoms with Crippen LogP contribution in [0.3, 0.4) is 0 Å². The van der Waals surface area contributed by atoms with Gasteiger partial charge in [0, 0.05) is 11.0 Å². The lowest BCUT2D eigenvalue weighted by Gasteiger charge is -2.11. The van der Waals surface area contributed by atoms with E-state index in [0.717, 1.165) is 10.2 Å². The summed E-state index contributed by atoms with van der Waals surface area (Å²) in [5, 5.41) is 0. The molecule has 1 rings (SSSR count). The first-order valence-corrected chi connectivity index (χ1v) is 8.87. The second kappa shape index (κ2) is 6.78. The number of benzene rings is 1. The molecule has 1 aromatic rings. The van der Waals surface area contributed by atoms with Crippen LogP contribution < -0.4 is 4.72 Å². The fourth-order valence-electron chi connectivity index (χ4n) is 1.31. The van der Waals surface area contributed by atoms with Crippen molar-refractivity contribution in [3.8, 4) is 0 Å². The van der Waals surface area contributed by atoms with Crippen LogP contribution in [0.1, 0.15) is 6.92 Å². The molecule has 0 aromatic heterocycles. The monoisotopic (exact) mass is 337 g/mol. The minimum atomic E-state index is -3.39. The molecule has 1 atom stereocenters. The molecule has 0 spiro atoms. The summed E-state index contributed by atoms with van der Waals surface area (Å²) in [5.41, 5.74) is 0. The van der Waals surface area contributed by atoms with Crippen LogP contribution in [0.2, 0.25) is 0 Å². The fraction of sp³-hybridized carbons (Fsp3) is 0.455. The molecular formula is C11H16BrNO2S2. The summed E-state index contributed by atoms with van der Waals surface area (Å²) in [6.45, 7) is 2.50. The van der Waals surface area contributed by atoms with Crippen LogP contribution >= 0.6 is 27.7 Å². The maximum Gasteiger partial charge on any atom is 0.240 e. The summed E-state index contributed by atoms with van der Waals surface area (Å²) in [6, 6.07) is 6.70. The molecule has 0 saturated carbocycles. The van der Waals surface area contributed by atoms with Crippen molar-refractivity contribution in [1.29, 1.82) is 0 Å². The summed E-state index contributed by atoms with van der Waals surface area (Å²) >= 11 is 4.98. The number of rotatable bonds is 6. The van der Waals surface area contributed by atoms with Gasteiger partial charge in [-0.25, -0.2) is 13.1 Å². The van der Waals surface area contributed by atoms with Crippen LogP contribution in [0, 0.1) is 5.92 Å². The Balaban J connectivity index is 2.69. The zero-order valence-corrected chi connectivity index (χ0v) is 13.0. The van der Waals surface area contributed by atoms with Crippen molar-refractivity contribution in [2.24, 2.45) is 5.92 Å². The van der Waals surface area contributed by atoms with E-state index in [2.05, 4.69) is 20.7 Å². The minimum Gasteiger partial charge on any atom is -0.211 e. The molecule has 0 amide bonds. The van der Waals surface area contributed by atoms with E-state index < -0.39 is 10.0 Å². The number of halogens is 1. The van der Waals surface area contributed by atoms with Crippen molar-refractivity contribution in [2.45, 2.75) is 11.8 Å². The van der Waals surface area contributed by atoms with Crippen molar-refractivity contribution in [1.82, 2.24) is 4.72 Å². The van der Waals surface area contributed by atoms with Crippen molar-refractivity contribution < 1.29 is 8.42 Å². The van der Waals surface area contributed by atoms with Crippen LogP contribution in [-0.2, 0) is 10.0 Å². The van der Waals surface area contributed by atoms with E-state index in [1.54, 1.807) is 36.0 Å². The van der Waals surface area contributed by atoms with Gasteiger partial charge >= 0.3 is 0 Å². The molecule has 0 bridgehead atoms. The van der Waals surface area contributed by atoms with Gasteiger partial charge < -0.3 is 0 Å². The van der Waals surface area contributed by atoms with E-state index in [1.807, 2.05) is 13.2 Å². The van der Waals surface area contributed by atoms with Gasteiger partial charge in [0.2, 0.25) is 10.0 Å². The first-order valence-electron chi connectivity index (χ1n) is 5.20. The van der Waals surface area contributed by atoms with Crippen LogP contribution in [0.25, 0.3) is 0 Å². The van der Waals surface area contributed by atoms with Crippen molar-refractivity contribution in [3.05, 3.63) is 28.7 Å². The smallest absolute Gasteiger partial charge is 0.211 e. The molecule has 3 nitrogen and oxygen atoms in total. The molecule has 1 N–H and O–H groups in total. The lowest BCUT2D eigenvalue weighted by Crippen LogP contribution is -2.29. The van der Waals surface area contributed by atoms with E-state index in [-0.39, 0.29) is 0 Å². The molecule has 1 unspecified atom stereocenters. The number of sulfonamides is 1. The molecule has 96 valence electrons. The summed E-state index contributed by atoms with van der Waals surface area (Å²) < 4.78 is 27.3. The highest BCUT2D eigenvalue weighted by atomic mass is 79.9. The van der Waals surface area contributed by atoms with Crippen LogP contribution in [0.5, 0.6) is 0 Å². The van der Waals surface area contributed by atoms with Gasteiger partial charge in [0.1, 0.15) is 0 Å². The average Bonchev–Trinajstić information content (AvgIpc) is 2.27. The average molecular weight is 338 g/mol. The Hall–Kier alpha value is -0.0400. The van der Waals surface area contributed by atoms with Crippen LogP contribution in [0.15, 0.2) is 33.6 Å². The third kappa shape index (κ3) is 4.99. The maximum absolute atomic E-state index is 12.0. The van der Waals surface area contributed by atoms with Gasteiger partial charge in [-0.15, -0.1) is 0 Å². The summed E-state index contributed by atoms with van der Waals surface area (Å²) in [4.78, 5) is 0.295. The Morgan fingerprint density at radius 1 is 1.47 bits per heavy atom. The predicted molar refractivity (Wildman–Crippen MR) is 76.9 cm³/mol. The zero-order chi connectivity index (χ0) is 12.9. The molecule has 0 radical (unpaired) electrons. The quantitative estimate of drug-likeness (QED) is 0.868. The molecule has 0 aliphatic rings. The summed E-state index contributed by atoms with van der Waals surface area (Å²) in [5.74, 6) is 1.27. The molecule has 1 aromatic carbocycles.